The molecule has 0 aromatic heterocycles. The molecule has 1 unspecified atom stereocenters. The first-order valence-electron chi connectivity index (χ1n) is 8.43. The Balaban J connectivity index is 1.92. The lowest BCUT2D eigenvalue weighted by molar-refractivity contribution is -0.120. The second kappa shape index (κ2) is 9.73. The summed E-state index contributed by atoms with van der Waals surface area (Å²) in [5.74, 6) is 0.863. The number of ether oxygens (including phenoxy) is 1. The fraction of sp³-hybridized carbons (Fsp3) is 0.350. The summed E-state index contributed by atoms with van der Waals surface area (Å²) in [7, 11) is 0. The van der Waals surface area contributed by atoms with Gasteiger partial charge in [-0.05, 0) is 62.2 Å². The molecular weight excluding hydrogens is 354 g/mol. The molecule has 1 N–H and O–H groups in total. The summed E-state index contributed by atoms with van der Waals surface area (Å²) >= 11 is 7.46. The molecule has 0 aliphatic heterocycles. The number of amides is 1. The van der Waals surface area contributed by atoms with Crippen molar-refractivity contribution in [2.75, 3.05) is 0 Å². The lowest BCUT2D eigenvalue weighted by Gasteiger charge is -2.15. The number of halogens is 1. The SMILES string of the molecule is CCC(Sc1ccc(Cl)cc1)C(=O)NCc1cccc(OC(C)C)c1. The summed E-state index contributed by atoms with van der Waals surface area (Å²) in [5.41, 5.74) is 1.03. The van der Waals surface area contributed by atoms with Gasteiger partial charge >= 0.3 is 0 Å². The van der Waals surface area contributed by atoms with Crippen LogP contribution in [-0.2, 0) is 11.3 Å². The summed E-state index contributed by atoms with van der Waals surface area (Å²) in [6.45, 7) is 6.50. The Labute approximate surface area is 159 Å². The Morgan fingerprint density at radius 2 is 1.92 bits per heavy atom. The zero-order valence-electron chi connectivity index (χ0n) is 14.8. The molecule has 2 aromatic carbocycles. The van der Waals surface area contributed by atoms with Gasteiger partial charge in [-0.1, -0.05) is 30.7 Å². The monoisotopic (exact) mass is 377 g/mol. The predicted octanol–water partition coefficient (Wildman–Crippen LogP) is 5.31. The minimum atomic E-state index is -0.128. The van der Waals surface area contributed by atoms with Crippen LogP contribution < -0.4 is 10.1 Å². The summed E-state index contributed by atoms with van der Waals surface area (Å²) in [6, 6.07) is 15.4. The van der Waals surface area contributed by atoms with Crippen molar-refractivity contribution >= 4 is 29.3 Å². The standard InChI is InChI=1S/C20H24ClNO2S/c1-4-19(25-18-10-8-16(21)9-11-18)20(23)22-13-15-6-5-7-17(12-15)24-14(2)3/h5-12,14,19H,4,13H2,1-3H3,(H,22,23). The minimum Gasteiger partial charge on any atom is -0.491 e. The maximum atomic E-state index is 12.5. The van der Waals surface area contributed by atoms with Crippen LogP contribution in [0.3, 0.4) is 0 Å². The number of carbonyl (C=O) groups excluding carboxylic acids is 1. The van der Waals surface area contributed by atoms with Crippen molar-refractivity contribution in [1.82, 2.24) is 5.32 Å². The number of nitrogens with one attached hydrogen (secondary N) is 1. The van der Waals surface area contributed by atoms with E-state index in [1.54, 1.807) is 11.8 Å². The van der Waals surface area contributed by atoms with Crippen LogP contribution in [0.4, 0.5) is 0 Å². The predicted molar refractivity (Wildman–Crippen MR) is 105 cm³/mol. The van der Waals surface area contributed by atoms with Crippen molar-refractivity contribution < 1.29 is 9.53 Å². The van der Waals surface area contributed by atoms with Crippen LogP contribution in [0.5, 0.6) is 5.75 Å². The van der Waals surface area contributed by atoms with Crippen LogP contribution in [0.2, 0.25) is 5.02 Å². The van der Waals surface area contributed by atoms with Crippen LogP contribution in [0.1, 0.15) is 32.8 Å². The molecule has 25 heavy (non-hydrogen) atoms. The third-order valence-electron chi connectivity index (χ3n) is 3.49. The van der Waals surface area contributed by atoms with E-state index in [2.05, 4.69) is 5.32 Å². The molecule has 1 atom stereocenters. The first-order chi connectivity index (χ1) is 12.0. The average Bonchev–Trinajstić information content (AvgIpc) is 2.59. The summed E-state index contributed by atoms with van der Waals surface area (Å²) in [4.78, 5) is 13.5. The third kappa shape index (κ3) is 6.63. The first-order valence-corrected chi connectivity index (χ1v) is 9.69. The summed E-state index contributed by atoms with van der Waals surface area (Å²) < 4.78 is 5.69. The highest BCUT2D eigenvalue weighted by atomic mass is 35.5. The van der Waals surface area contributed by atoms with Gasteiger partial charge in [0.05, 0.1) is 11.4 Å². The van der Waals surface area contributed by atoms with E-state index in [1.807, 2.05) is 69.3 Å². The molecule has 1 amide bonds. The minimum absolute atomic E-state index is 0.0395. The molecule has 2 rings (SSSR count). The van der Waals surface area contributed by atoms with Gasteiger partial charge in [-0.25, -0.2) is 0 Å². The maximum absolute atomic E-state index is 12.5. The Hall–Kier alpha value is -1.65. The highest BCUT2D eigenvalue weighted by Crippen LogP contribution is 2.27. The molecule has 5 heteroatoms. The van der Waals surface area contributed by atoms with Gasteiger partial charge in [-0.2, -0.15) is 0 Å². The lowest BCUT2D eigenvalue weighted by Crippen LogP contribution is -2.31. The molecule has 0 radical (unpaired) electrons. The molecule has 0 fully saturated rings. The van der Waals surface area contributed by atoms with Gasteiger partial charge in [0.25, 0.3) is 0 Å². The van der Waals surface area contributed by atoms with Crippen LogP contribution >= 0.6 is 23.4 Å². The molecule has 0 aliphatic carbocycles. The zero-order chi connectivity index (χ0) is 18.2. The molecule has 0 saturated heterocycles. The van der Waals surface area contributed by atoms with E-state index in [0.717, 1.165) is 22.6 Å². The molecule has 0 saturated carbocycles. The van der Waals surface area contributed by atoms with E-state index >= 15 is 0 Å². The van der Waals surface area contributed by atoms with Gasteiger partial charge in [0, 0.05) is 16.5 Å². The van der Waals surface area contributed by atoms with E-state index in [0.29, 0.717) is 11.6 Å². The number of carbonyl (C=O) groups is 1. The molecule has 3 nitrogen and oxygen atoms in total. The van der Waals surface area contributed by atoms with Gasteiger partial charge < -0.3 is 10.1 Å². The van der Waals surface area contributed by atoms with Crippen LogP contribution in [0.15, 0.2) is 53.4 Å². The lowest BCUT2D eigenvalue weighted by atomic mass is 10.2. The van der Waals surface area contributed by atoms with Gasteiger partial charge in [0.2, 0.25) is 5.91 Å². The molecule has 0 spiro atoms. The number of thioether (sulfide) groups is 1. The smallest absolute Gasteiger partial charge is 0.233 e. The molecule has 0 aliphatic rings. The number of benzene rings is 2. The first kappa shape index (κ1) is 19.7. The fourth-order valence-electron chi connectivity index (χ4n) is 2.30. The second-order valence-corrected chi connectivity index (χ2v) is 7.71. The van der Waals surface area contributed by atoms with Gasteiger partial charge in [0.15, 0.2) is 0 Å². The molecule has 0 bridgehead atoms. The van der Waals surface area contributed by atoms with Crippen LogP contribution in [0, 0.1) is 0 Å². The second-order valence-electron chi connectivity index (χ2n) is 6.00. The van der Waals surface area contributed by atoms with E-state index in [1.165, 1.54) is 0 Å². The van der Waals surface area contributed by atoms with E-state index in [4.69, 9.17) is 16.3 Å². The normalized spacial score (nSPS) is 12.0. The largest absolute Gasteiger partial charge is 0.491 e. The van der Waals surface area contributed by atoms with Crippen molar-refractivity contribution in [2.45, 2.75) is 50.0 Å². The van der Waals surface area contributed by atoms with E-state index in [-0.39, 0.29) is 17.3 Å². The number of hydrogen-bond acceptors (Lipinski definition) is 3. The Morgan fingerprint density at radius 3 is 2.56 bits per heavy atom. The van der Waals surface area contributed by atoms with Gasteiger partial charge in [-0.3, -0.25) is 4.79 Å². The molecule has 0 heterocycles. The highest BCUT2D eigenvalue weighted by Gasteiger charge is 2.17. The van der Waals surface area contributed by atoms with Crippen molar-refractivity contribution in [3.8, 4) is 5.75 Å². The van der Waals surface area contributed by atoms with Gasteiger partial charge in [0.1, 0.15) is 5.75 Å². The highest BCUT2D eigenvalue weighted by molar-refractivity contribution is 8.00. The van der Waals surface area contributed by atoms with E-state index in [9.17, 15) is 4.79 Å². The topological polar surface area (TPSA) is 38.3 Å². The number of hydrogen-bond donors (Lipinski definition) is 1. The van der Waals surface area contributed by atoms with Crippen LogP contribution in [0.25, 0.3) is 0 Å². The number of rotatable bonds is 8. The maximum Gasteiger partial charge on any atom is 0.233 e. The Bertz CT molecular complexity index is 688. The quantitative estimate of drug-likeness (QED) is 0.633. The van der Waals surface area contributed by atoms with Crippen LogP contribution in [-0.4, -0.2) is 17.3 Å². The van der Waals surface area contributed by atoms with E-state index < -0.39 is 0 Å². The molecular formula is C20H24ClNO2S. The van der Waals surface area contributed by atoms with Crippen molar-refractivity contribution in [2.24, 2.45) is 0 Å². The third-order valence-corrected chi connectivity index (χ3v) is 5.12. The Morgan fingerprint density at radius 1 is 1.20 bits per heavy atom. The average molecular weight is 378 g/mol. The zero-order valence-corrected chi connectivity index (χ0v) is 16.4. The van der Waals surface area contributed by atoms with Gasteiger partial charge in [-0.15, -0.1) is 11.8 Å². The summed E-state index contributed by atoms with van der Waals surface area (Å²) in [5, 5.41) is 3.59. The van der Waals surface area contributed by atoms with Crippen molar-refractivity contribution in [1.29, 1.82) is 0 Å². The van der Waals surface area contributed by atoms with Crippen molar-refractivity contribution in [3.05, 3.63) is 59.1 Å². The molecule has 134 valence electrons. The Kier molecular flexibility index (Phi) is 7.66. The van der Waals surface area contributed by atoms with Crippen molar-refractivity contribution in [3.63, 3.8) is 0 Å². The molecule has 2 aromatic rings. The summed E-state index contributed by atoms with van der Waals surface area (Å²) in [6.07, 6.45) is 0.889. The fourth-order valence-corrected chi connectivity index (χ4v) is 3.41.